The zero-order valence-corrected chi connectivity index (χ0v) is 19.7. The van der Waals surface area contributed by atoms with Gasteiger partial charge in [-0.3, -0.25) is 14.5 Å². The molecule has 2 N–H and O–H groups in total. The van der Waals surface area contributed by atoms with Crippen molar-refractivity contribution in [2.24, 2.45) is 0 Å². The van der Waals surface area contributed by atoms with Crippen molar-refractivity contribution in [1.82, 2.24) is 4.90 Å². The molecule has 0 aliphatic carbocycles. The number of benzene rings is 3. The van der Waals surface area contributed by atoms with E-state index in [-0.39, 0.29) is 5.91 Å². The highest BCUT2D eigenvalue weighted by molar-refractivity contribution is 6.08. The van der Waals surface area contributed by atoms with Crippen molar-refractivity contribution in [2.75, 3.05) is 36.4 Å². The third-order valence-corrected chi connectivity index (χ3v) is 6.48. The van der Waals surface area contributed by atoms with Crippen molar-refractivity contribution in [2.45, 2.75) is 6.04 Å². The second-order valence-corrected chi connectivity index (χ2v) is 8.70. The normalized spacial score (nSPS) is 14.8. The summed E-state index contributed by atoms with van der Waals surface area (Å²) in [5, 5.41) is 12.8. The van der Waals surface area contributed by atoms with Crippen molar-refractivity contribution in [3.63, 3.8) is 0 Å². The maximum atomic E-state index is 13.0. The van der Waals surface area contributed by atoms with Crippen molar-refractivity contribution >= 4 is 23.3 Å². The van der Waals surface area contributed by atoms with Gasteiger partial charge in [0.2, 0.25) is 0 Å². The molecule has 0 saturated carbocycles. The van der Waals surface area contributed by atoms with E-state index in [4.69, 9.17) is 4.42 Å². The molecule has 3 aromatic carbocycles. The first-order valence-electron chi connectivity index (χ1n) is 11.9. The Hall–Kier alpha value is -4.36. The fourth-order valence-electron chi connectivity index (χ4n) is 4.67. The Bertz CT molecular complexity index is 1310. The van der Waals surface area contributed by atoms with Gasteiger partial charge in [-0.2, -0.15) is 0 Å². The Kier molecular flexibility index (Phi) is 6.82. The molecule has 7 nitrogen and oxygen atoms in total. The zero-order chi connectivity index (χ0) is 24.9. The van der Waals surface area contributed by atoms with Crippen LogP contribution in [0, 0.1) is 0 Å². The first kappa shape index (κ1) is 23.4. The van der Waals surface area contributed by atoms with Crippen LogP contribution in [-0.4, -0.2) is 48.1 Å². The number of carboxylic acids is 1. The number of carbonyl (C=O) groups excluding carboxylic acids is 1. The van der Waals surface area contributed by atoms with Crippen LogP contribution in [-0.2, 0) is 4.79 Å². The number of carboxylic acid groups (broad SMARTS) is 1. The summed E-state index contributed by atoms with van der Waals surface area (Å²) in [6.45, 7) is 2.74. The predicted octanol–water partition coefficient (Wildman–Crippen LogP) is 5.15. The topological polar surface area (TPSA) is 86.0 Å². The van der Waals surface area contributed by atoms with Gasteiger partial charge in [0.25, 0.3) is 5.91 Å². The average molecular weight is 482 g/mol. The Morgan fingerprint density at radius 3 is 2.17 bits per heavy atom. The first-order valence-corrected chi connectivity index (χ1v) is 11.9. The summed E-state index contributed by atoms with van der Waals surface area (Å²) in [6, 6.07) is 27.4. The van der Waals surface area contributed by atoms with Crippen LogP contribution in [0.2, 0.25) is 0 Å². The second-order valence-electron chi connectivity index (χ2n) is 8.70. The molecule has 1 unspecified atom stereocenters. The molecule has 2 heterocycles. The molecule has 1 amide bonds. The lowest BCUT2D eigenvalue weighted by atomic mass is 10.0. The van der Waals surface area contributed by atoms with Crippen LogP contribution >= 0.6 is 0 Å². The summed E-state index contributed by atoms with van der Waals surface area (Å²) in [5.41, 5.74) is 3.82. The SMILES string of the molecule is O=C(Nc1ccc(N2CCN(C(C(=O)O)c3ccccc3)CC2)cc1)c1ccccc1-c1ccco1. The van der Waals surface area contributed by atoms with E-state index < -0.39 is 12.0 Å². The van der Waals surface area contributed by atoms with E-state index in [0.29, 0.717) is 30.1 Å². The van der Waals surface area contributed by atoms with E-state index in [1.807, 2.05) is 83.8 Å². The first-order chi connectivity index (χ1) is 17.6. The molecule has 4 aromatic rings. The van der Waals surface area contributed by atoms with Gasteiger partial charge >= 0.3 is 5.97 Å². The Labute approximate surface area is 209 Å². The smallest absolute Gasteiger partial charge is 0.325 e. The molecule has 1 aliphatic heterocycles. The van der Waals surface area contributed by atoms with Crippen LogP contribution in [0.15, 0.2) is 102 Å². The van der Waals surface area contributed by atoms with Gasteiger partial charge in [-0.1, -0.05) is 48.5 Å². The number of nitrogens with zero attached hydrogens (tertiary/aromatic N) is 2. The summed E-state index contributed by atoms with van der Waals surface area (Å²) < 4.78 is 5.48. The Morgan fingerprint density at radius 1 is 0.806 bits per heavy atom. The molecule has 0 spiro atoms. The largest absolute Gasteiger partial charge is 0.480 e. The van der Waals surface area contributed by atoms with Crippen molar-refractivity contribution in [1.29, 1.82) is 0 Å². The summed E-state index contributed by atoms with van der Waals surface area (Å²) in [6.07, 6.45) is 1.59. The number of piperazine rings is 1. The third kappa shape index (κ3) is 5.01. The molecule has 1 fully saturated rings. The van der Waals surface area contributed by atoms with E-state index in [1.165, 1.54) is 0 Å². The van der Waals surface area contributed by atoms with Crippen molar-refractivity contribution < 1.29 is 19.1 Å². The molecule has 36 heavy (non-hydrogen) atoms. The molecule has 0 radical (unpaired) electrons. The number of hydrogen-bond donors (Lipinski definition) is 2. The number of carbonyl (C=O) groups is 2. The lowest BCUT2D eigenvalue weighted by Gasteiger charge is -2.39. The van der Waals surface area contributed by atoms with E-state index >= 15 is 0 Å². The number of furan rings is 1. The summed E-state index contributed by atoms with van der Waals surface area (Å²) in [7, 11) is 0. The standard InChI is InChI=1S/C29H27N3O4/c33-28(25-10-5-4-9-24(25)26-11-6-20-36-26)30-22-12-14-23(15-13-22)31-16-18-32(19-17-31)27(29(34)35)21-7-2-1-3-8-21/h1-15,20,27H,16-19H2,(H,30,33)(H,34,35). The Balaban J connectivity index is 1.22. The van der Waals surface area contributed by atoms with Crippen molar-refractivity contribution in [3.05, 3.63) is 108 Å². The Morgan fingerprint density at radius 2 is 1.50 bits per heavy atom. The van der Waals surface area contributed by atoms with Gasteiger partial charge in [0.15, 0.2) is 0 Å². The van der Waals surface area contributed by atoms with Crippen LogP contribution in [0.1, 0.15) is 22.0 Å². The van der Waals surface area contributed by atoms with Crippen molar-refractivity contribution in [3.8, 4) is 11.3 Å². The lowest BCUT2D eigenvalue weighted by molar-refractivity contribution is -0.143. The number of aliphatic carboxylic acids is 1. The fourth-order valence-corrected chi connectivity index (χ4v) is 4.67. The third-order valence-electron chi connectivity index (χ3n) is 6.48. The lowest BCUT2D eigenvalue weighted by Crippen LogP contribution is -2.49. The summed E-state index contributed by atoms with van der Waals surface area (Å²) >= 11 is 0. The minimum atomic E-state index is -0.830. The van der Waals surface area contributed by atoms with Crippen LogP contribution in [0.5, 0.6) is 0 Å². The molecule has 1 atom stereocenters. The number of nitrogens with one attached hydrogen (secondary N) is 1. The summed E-state index contributed by atoms with van der Waals surface area (Å²) in [4.78, 5) is 29.2. The highest BCUT2D eigenvalue weighted by Gasteiger charge is 2.30. The maximum Gasteiger partial charge on any atom is 0.325 e. The van der Waals surface area contributed by atoms with E-state index in [2.05, 4.69) is 10.2 Å². The number of amides is 1. The molecule has 0 bridgehead atoms. The molecule has 5 rings (SSSR count). The van der Waals surface area contributed by atoms with E-state index in [9.17, 15) is 14.7 Å². The van der Waals surface area contributed by atoms with Gasteiger partial charge in [0, 0.05) is 43.1 Å². The van der Waals surface area contributed by atoms with E-state index in [1.54, 1.807) is 18.4 Å². The van der Waals surface area contributed by atoms with Gasteiger partial charge in [-0.05, 0) is 48.0 Å². The highest BCUT2D eigenvalue weighted by atomic mass is 16.4. The van der Waals surface area contributed by atoms with Gasteiger partial charge in [0.1, 0.15) is 11.8 Å². The highest BCUT2D eigenvalue weighted by Crippen LogP contribution is 2.27. The van der Waals surface area contributed by atoms with Crippen LogP contribution in [0.25, 0.3) is 11.3 Å². The molecule has 1 aliphatic rings. The second kappa shape index (κ2) is 10.5. The van der Waals surface area contributed by atoms with Gasteiger partial charge in [-0.15, -0.1) is 0 Å². The molecule has 182 valence electrons. The molecule has 1 saturated heterocycles. The molecular formula is C29H27N3O4. The number of anilines is 2. The van der Waals surface area contributed by atoms with E-state index in [0.717, 1.165) is 29.9 Å². The number of hydrogen-bond acceptors (Lipinski definition) is 5. The van der Waals surface area contributed by atoms with Crippen LogP contribution in [0.3, 0.4) is 0 Å². The fraction of sp³-hybridized carbons (Fsp3) is 0.172. The molecular weight excluding hydrogens is 454 g/mol. The minimum Gasteiger partial charge on any atom is -0.480 e. The predicted molar refractivity (Wildman–Crippen MR) is 139 cm³/mol. The number of rotatable bonds is 7. The zero-order valence-electron chi connectivity index (χ0n) is 19.7. The summed E-state index contributed by atoms with van der Waals surface area (Å²) in [5.74, 6) is -0.389. The van der Waals surface area contributed by atoms with Crippen LogP contribution in [0.4, 0.5) is 11.4 Å². The van der Waals surface area contributed by atoms with Gasteiger partial charge in [-0.25, -0.2) is 0 Å². The monoisotopic (exact) mass is 481 g/mol. The quantitative estimate of drug-likeness (QED) is 0.380. The molecule has 7 heteroatoms. The molecule has 1 aromatic heterocycles. The maximum absolute atomic E-state index is 13.0. The van der Waals surface area contributed by atoms with Crippen LogP contribution < -0.4 is 10.2 Å². The minimum absolute atomic E-state index is 0.205. The van der Waals surface area contributed by atoms with Gasteiger partial charge in [0.05, 0.1) is 11.8 Å². The average Bonchev–Trinajstić information content (AvgIpc) is 3.45. The van der Waals surface area contributed by atoms with Gasteiger partial charge < -0.3 is 19.7 Å².